The van der Waals surface area contributed by atoms with Crippen LogP contribution in [0.4, 0.5) is 0 Å². The molecule has 27 heavy (non-hydrogen) atoms. The number of ketones is 1. The van der Waals surface area contributed by atoms with Crippen molar-refractivity contribution in [2.75, 3.05) is 14.2 Å². The number of allylic oxidation sites excluding steroid dienone is 1. The van der Waals surface area contributed by atoms with E-state index in [1.54, 1.807) is 44.6 Å². The predicted octanol–water partition coefficient (Wildman–Crippen LogP) is 4.41. The van der Waals surface area contributed by atoms with Crippen LogP contribution in [0.15, 0.2) is 36.4 Å². The standard InChI is InChI=1S/C22H24O5/c1-22(2)12-11-16-18(27-22)10-7-15(21(16)24)17(23)8-5-14-6-9-19(25-3)20(13-14)26-4/h5-10,13,24H,11-12H2,1-4H3/b8-5+. The highest BCUT2D eigenvalue weighted by molar-refractivity contribution is 6.09. The van der Waals surface area contributed by atoms with Crippen LogP contribution in [-0.4, -0.2) is 30.7 Å². The molecule has 0 amide bonds. The first-order valence-corrected chi connectivity index (χ1v) is 8.83. The van der Waals surface area contributed by atoms with Gasteiger partial charge in [-0.1, -0.05) is 12.1 Å². The lowest BCUT2D eigenvalue weighted by Gasteiger charge is -2.33. The second-order valence-electron chi connectivity index (χ2n) is 7.11. The average Bonchev–Trinajstić information content (AvgIpc) is 2.65. The van der Waals surface area contributed by atoms with Gasteiger partial charge >= 0.3 is 0 Å². The molecule has 1 aliphatic rings. The van der Waals surface area contributed by atoms with Crippen molar-refractivity contribution in [2.45, 2.75) is 32.3 Å². The molecule has 0 spiro atoms. The van der Waals surface area contributed by atoms with Gasteiger partial charge < -0.3 is 19.3 Å². The summed E-state index contributed by atoms with van der Waals surface area (Å²) in [5.41, 5.74) is 1.50. The van der Waals surface area contributed by atoms with E-state index in [9.17, 15) is 9.90 Å². The van der Waals surface area contributed by atoms with Crippen molar-refractivity contribution in [1.29, 1.82) is 0 Å². The normalized spacial score (nSPS) is 15.1. The fourth-order valence-electron chi connectivity index (χ4n) is 3.15. The zero-order chi connectivity index (χ0) is 19.6. The van der Waals surface area contributed by atoms with Gasteiger partial charge in [0.15, 0.2) is 17.3 Å². The highest BCUT2D eigenvalue weighted by atomic mass is 16.5. The summed E-state index contributed by atoms with van der Waals surface area (Å²) in [6, 6.07) is 8.75. The van der Waals surface area contributed by atoms with E-state index in [0.29, 0.717) is 29.2 Å². The Hall–Kier alpha value is -2.95. The lowest BCUT2D eigenvalue weighted by molar-refractivity contribution is 0.0836. The zero-order valence-corrected chi connectivity index (χ0v) is 16.0. The molecule has 0 saturated heterocycles. The molecular formula is C22H24O5. The molecule has 0 fully saturated rings. The molecule has 2 aromatic rings. The third kappa shape index (κ3) is 3.92. The Bertz CT molecular complexity index is 896. The van der Waals surface area contributed by atoms with Crippen LogP contribution in [0.5, 0.6) is 23.0 Å². The molecule has 5 nitrogen and oxygen atoms in total. The van der Waals surface area contributed by atoms with Gasteiger partial charge in [-0.2, -0.15) is 0 Å². The summed E-state index contributed by atoms with van der Waals surface area (Å²) in [6.45, 7) is 4.02. The molecule has 0 bridgehead atoms. The molecule has 0 aliphatic carbocycles. The Morgan fingerprint density at radius 2 is 1.89 bits per heavy atom. The summed E-state index contributed by atoms with van der Waals surface area (Å²) in [4.78, 5) is 12.6. The molecule has 3 rings (SSSR count). The van der Waals surface area contributed by atoms with Gasteiger partial charge in [0.05, 0.1) is 19.8 Å². The van der Waals surface area contributed by atoms with Crippen LogP contribution in [0.25, 0.3) is 6.08 Å². The maximum atomic E-state index is 12.6. The van der Waals surface area contributed by atoms with Gasteiger partial charge in [-0.25, -0.2) is 0 Å². The zero-order valence-electron chi connectivity index (χ0n) is 16.0. The van der Waals surface area contributed by atoms with Crippen LogP contribution in [-0.2, 0) is 6.42 Å². The molecule has 1 aliphatic heterocycles. The van der Waals surface area contributed by atoms with E-state index < -0.39 is 0 Å². The van der Waals surface area contributed by atoms with E-state index in [4.69, 9.17) is 14.2 Å². The van der Waals surface area contributed by atoms with Crippen LogP contribution < -0.4 is 14.2 Å². The minimum absolute atomic E-state index is 0.00459. The highest BCUT2D eigenvalue weighted by Gasteiger charge is 2.29. The number of methoxy groups -OCH3 is 2. The second kappa shape index (κ2) is 7.35. The van der Waals surface area contributed by atoms with Gasteiger partial charge in [0.25, 0.3) is 0 Å². The Kier molecular flexibility index (Phi) is 5.13. The van der Waals surface area contributed by atoms with Gasteiger partial charge in [0.1, 0.15) is 17.1 Å². The molecule has 5 heteroatoms. The Morgan fingerprint density at radius 3 is 2.59 bits per heavy atom. The maximum Gasteiger partial charge on any atom is 0.189 e. The SMILES string of the molecule is COc1ccc(/C=C/C(=O)c2ccc3c(c2O)CCC(C)(C)O3)cc1OC. The van der Waals surface area contributed by atoms with E-state index in [1.165, 1.54) is 6.08 Å². The second-order valence-corrected chi connectivity index (χ2v) is 7.11. The smallest absolute Gasteiger partial charge is 0.189 e. The number of carbonyl (C=O) groups is 1. The maximum absolute atomic E-state index is 12.6. The van der Waals surface area contributed by atoms with E-state index in [2.05, 4.69) is 0 Å². The lowest BCUT2D eigenvalue weighted by Crippen LogP contribution is -2.32. The number of rotatable bonds is 5. The summed E-state index contributed by atoms with van der Waals surface area (Å²) in [6.07, 6.45) is 4.58. The number of aromatic hydroxyl groups is 1. The fourth-order valence-corrected chi connectivity index (χ4v) is 3.15. The molecular weight excluding hydrogens is 344 g/mol. The first-order valence-electron chi connectivity index (χ1n) is 8.83. The molecule has 1 heterocycles. The van der Waals surface area contributed by atoms with Crippen LogP contribution >= 0.6 is 0 Å². The number of hydrogen-bond acceptors (Lipinski definition) is 5. The van der Waals surface area contributed by atoms with E-state index in [1.807, 2.05) is 19.9 Å². The van der Waals surface area contributed by atoms with Crippen LogP contribution in [0.3, 0.4) is 0 Å². The van der Waals surface area contributed by atoms with Crippen LogP contribution in [0.1, 0.15) is 41.8 Å². The first-order chi connectivity index (χ1) is 12.8. The summed E-state index contributed by atoms with van der Waals surface area (Å²) in [5.74, 6) is 1.59. The molecule has 0 unspecified atom stereocenters. The molecule has 0 saturated carbocycles. The van der Waals surface area contributed by atoms with Crippen molar-refractivity contribution in [3.63, 3.8) is 0 Å². The van der Waals surface area contributed by atoms with E-state index >= 15 is 0 Å². The molecule has 142 valence electrons. The molecule has 1 N–H and O–H groups in total. The van der Waals surface area contributed by atoms with Crippen molar-refractivity contribution in [2.24, 2.45) is 0 Å². The van der Waals surface area contributed by atoms with Crippen LogP contribution in [0, 0.1) is 0 Å². The number of ether oxygens (including phenoxy) is 3. The molecule has 2 aromatic carbocycles. The number of fused-ring (bicyclic) bond motifs is 1. The number of hydrogen-bond donors (Lipinski definition) is 1. The largest absolute Gasteiger partial charge is 0.507 e. The van der Waals surface area contributed by atoms with Crippen LogP contribution in [0.2, 0.25) is 0 Å². The Balaban J connectivity index is 1.84. The number of phenolic OH excluding ortho intramolecular Hbond substituents is 1. The van der Waals surface area contributed by atoms with Gasteiger partial charge in [-0.05, 0) is 62.6 Å². The van der Waals surface area contributed by atoms with Crippen molar-refractivity contribution in [3.8, 4) is 23.0 Å². The number of phenols is 1. The average molecular weight is 368 g/mol. The number of benzene rings is 2. The van der Waals surface area contributed by atoms with E-state index in [-0.39, 0.29) is 22.7 Å². The summed E-state index contributed by atoms with van der Waals surface area (Å²) in [7, 11) is 3.13. The third-order valence-corrected chi connectivity index (χ3v) is 4.70. The highest BCUT2D eigenvalue weighted by Crippen LogP contribution is 2.40. The summed E-state index contributed by atoms with van der Waals surface area (Å²) >= 11 is 0. The monoisotopic (exact) mass is 368 g/mol. The fraction of sp³-hybridized carbons (Fsp3) is 0.318. The lowest BCUT2D eigenvalue weighted by atomic mass is 9.91. The number of carbonyl (C=O) groups excluding carboxylic acids is 1. The first kappa shape index (κ1) is 18.8. The third-order valence-electron chi connectivity index (χ3n) is 4.70. The van der Waals surface area contributed by atoms with Crippen molar-refractivity contribution < 1.29 is 24.1 Å². The minimum Gasteiger partial charge on any atom is -0.507 e. The van der Waals surface area contributed by atoms with Crippen molar-refractivity contribution in [1.82, 2.24) is 0 Å². The van der Waals surface area contributed by atoms with Crippen molar-refractivity contribution in [3.05, 3.63) is 53.1 Å². The summed E-state index contributed by atoms with van der Waals surface area (Å²) in [5, 5.41) is 10.6. The molecule has 0 aromatic heterocycles. The molecule has 0 atom stereocenters. The van der Waals surface area contributed by atoms with Gasteiger partial charge in [-0.15, -0.1) is 0 Å². The Morgan fingerprint density at radius 1 is 1.15 bits per heavy atom. The Labute approximate surface area is 159 Å². The van der Waals surface area contributed by atoms with Gasteiger partial charge in [-0.3, -0.25) is 4.79 Å². The summed E-state index contributed by atoms with van der Waals surface area (Å²) < 4.78 is 16.4. The van der Waals surface area contributed by atoms with E-state index in [0.717, 1.165) is 12.0 Å². The van der Waals surface area contributed by atoms with Gasteiger partial charge in [0, 0.05) is 5.56 Å². The quantitative estimate of drug-likeness (QED) is 0.626. The molecule has 0 radical (unpaired) electrons. The topological polar surface area (TPSA) is 65.0 Å². The predicted molar refractivity (Wildman–Crippen MR) is 104 cm³/mol. The van der Waals surface area contributed by atoms with Gasteiger partial charge in [0.2, 0.25) is 0 Å². The minimum atomic E-state index is -0.269. The van der Waals surface area contributed by atoms with Crippen molar-refractivity contribution >= 4 is 11.9 Å².